The molecule has 0 aliphatic carbocycles. The molecule has 0 aromatic carbocycles. The van der Waals surface area contributed by atoms with Gasteiger partial charge in [-0.25, -0.2) is 4.79 Å². The lowest BCUT2D eigenvalue weighted by molar-refractivity contribution is 0.0939. The average molecular weight is 212 g/mol. The summed E-state index contributed by atoms with van der Waals surface area (Å²) in [5.74, 6) is -0.564. The van der Waals surface area contributed by atoms with Crippen molar-refractivity contribution in [2.75, 3.05) is 6.54 Å². The number of nitrogens with two attached hydrogens (primary N) is 1. The maximum absolute atomic E-state index is 11.4. The number of hydrogen-bond donors (Lipinski definition) is 4. The van der Waals surface area contributed by atoms with E-state index in [1.165, 1.54) is 0 Å². The Balaban J connectivity index is 2.92. The molecule has 1 heterocycles. The normalized spacial score (nSPS) is 12.1. The molecular weight excluding hydrogens is 200 g/mol. The van der Waals surface area contributed by atoms with Gasteiger partial charge in [0.25, 0.3) is 11.5 Å². The molecule has 0 aliphatic heterocycles. The van der Waals surface area contributed by atoms with Crippen molar-refractivity contribution in [1.29, 1.82) is 0 Å². The molecule has 7 heteroatoms. The van der Waals surface area contributed by atoms with Crippen molar-refractivity contribution in [2.45, 2.75) is 13.0 Å². The van der Waals surface area contributed by atoms with Crippen molar-refractivity contribution >= 4 is 5.91 Å². The number of amides is 1. The number of aromatic amines is 2. The summed E-state index contributed by atoms with van der Waals surface area (Å²) in [6.45, 7) is 1.98. The van der Waals surface area contributed by atoms with Crippen molar-refractivity contribution in [1.82, 2.24) is 15.3 Å². The fourth-order valence-electron chi connectivity index (χ4n) is 0.939. The van der Waals surface area contributed by atoms with Gasteiger partial charge in [0.05, 0.1) is 0 Å². The van der Waals surface area contributed by atoms with Gasteiger partial charge in [-0.3, -0.25) is 14.6 Å². The highest BCUT2D eigenvalue weighted by atomic mass is 16.2. The molecule has 82 valence electrons. The molecule has 15 heavy (non-hydrogen) atoms. The fraction of sp³-hybridized carbons (Fsp3) is 0.375. The van der Waals surface area contributed by atoms with Gasteiger partial charge in [0.1, 0.15) is 5.56 Å². The molecular formula is C8H12N4O3. The van der Waals surface area contributed by atoms with Crippen LogP contribution < -0.4 is 22.3 Å². The minimum atomic E-state index is -0.722. The molecule has 0 spiro atoms. The molecule has 5 N–H and O–H groups in total. The lowest BCUT2D eigenvalue weighted by Gasteiger charge is -2.09. The van der Waals surface area contributed by atoms with Gasteiger partial charge >= 0.3 is 5.69 Å². The number of nitrogens with one attached hydrogen (secondary N) is 3. The van der Waals surface area contributed by atoms with Crippen LogP contribution in [0.5, 0.6) is 0 Å². The molecule has 0 radical (unpaired) electrons. The van der Waals surface area contributed by atoms with Gasteiger partial charge in [-0.05, 0) is 6.92 Å². The average Bonchev–Trinajstić information content (AvgIpc) is 2.17. The molecule has 0 unspecified atom stereocenters. The number of carbonyl (C=O) groups is 1. The van der Waals surface area contributed by atoms with Crippen LogP contribution in [-0.2, 0) is 0 Å². The first-order chi connectivity index (χ1) is 7.04. The minimum Gasteiger partial charge on any atom is -0.348 e. The molecule has 1 rings (SSSR count). The molecule has 0 bridgehead atoms. The number of H-pyrrole nitrogens is 2. The van der Waals surface area contributed by atoms with Crippen LogP contribution in [0.25, 0.3) is 0 Å². The summed E-state index contributed by atoms with van der Waals surface area (Å²) in [6.07, 6.45) is 1.07. The molecule has 1 amide bonds. The van der Waals surface area contributed by atoms with Crippen molar-refractivity contribution < 1.29 is 4.79 Å². The smallest absolute Gasteiger partial charge is 0.325 e. The van der Waals surface area contributed by atoms with Crippen molar-refractivity contribution in [2.24, 2.45) is 5.73 Å². The van der Waals surface area contributed by atoms with Crippen molar-refractivity contribution in [3.8, 4) is 0 Å². The maximum Gasteiger partial charge on any atom is 0.325 e. The van der Waals surface area contributed by atoms with Gasteiger partial charge in [0.2, 0.25) is 0 Å². The Hall–Kier alpha value is -1.89. The largest absolute Gasteiger partial charge is 0.348 e. The first-order valence-electron chi connectivity index (χ1n) is 4.37. The number of carbonyl (C=O) groups excluding carboxylic acids is 1. The van der Waals surface area contributed by atoms with Crippen LogP contribution in [0.4, 0.5) is 0 Å². The molecule has 1 aromatic heterocycles. The Morgan fingerprint density at radius 3 is 2.80 bits per heavy atom. The van der Waals surface area contributed by atoms with Crippen molar-refractivity contribution in [3.05, 3.63) is 32.6 Å². The lowest BCUT2D eigenvalue weighted by Crippen LogP contribution is -2.41. The zero-order valence-corrected chi connectivity index (χ0v) is 8.16. The zero-order valence-electron chi connectivity index (χ0n) is 8.16. The Morgan fingerprint density at radius 2 is 2.27 bits per heavy atom. The zero-order chi connectivity index (χ0) is 11.4. The first kappa shape index (κ1) is 11.2. The van der Waals surface area contributed by atoms with E-state index in [1.807, 2.05) is 4.98 Å². The third-order valence-corrected chi connectivity index (χ3v) is 1.79. The topological polar surface area (TPSA) is 121 Å². The summed E-state index contributed by atoms with van der Waals surface area (Å²) in [5.41, 5.74) is 3.79. The van der Waals surface area contributed by atoms with Crippen LogP contribution in [0.1, 0.15) is 17.3 Å². The SMILES string of the molecule is C[C@H](CN)NC(=O)c1c[nH]c(=O)[nH]c1=O. The Labute approximate surface area is 84.7 Å². The quantitative estimate of drug-likeness (QED) is 0.469. The van der Waals surface area contributed by atoms with E-state index in [2.05, 4.69) is 10.3 Å². The number of hydrogen-bond acceptors (Lipinski definition) is 4. The molecule has 1 atom stereocenters. The summed E-state index contributed by atoms with van der Waals surface area (Å²) in [4.78, 5) is 37.5. The van der Waals surface area contributed by atoms with Gasteiger partial charge in [-0.15, -0.1) is 0 Å². The van der Waals surface area contributed by atoms with Crippen LogP contribution in [0, 0.1) is 0 Å². The van der Waals surface area contributed by atoms with Gasteiger partial charge in [-0.2, -0.15) is 0 Å². The van der Waals surface area contributed by atoms with E-state index in [4.69, 9.17) is 5.73 Å². The number of aromatic nitrogens is 2. The first-order valence-corrected chi connectivity index (χ1v) is 4.37. The van der Waals surface area contributed by atoms with Crippen LogP contribution >= 0.6 is 0 Å². The van der Waals surface area contributed by atoms with Gasteiger partial charge in [-0.1, -0.05) is 0 Å². The molecule has 7 nitrogen and oxygen atoms in total. The van der Waals surface area contributed by atoms with Crippen LogP contribution in [-0.4, -0.2) is 28.5 Å². The maximum atomic E-state index is 11.4. The summed E-state index contributed by atoms with van der Waals surface area (Å²) < 4.78 is 0. The Kier molecular flexibility index (Phi) is 3.40. The van der Waals surface area contributed by atoms with E-state index in [0.717, 1.165) is 6.20 Å². The Bertz CT molecular complexity index is 461. The molecule has 1 aromatic rings. The van der Waals surface area contributed by atoms with Gasteiger partial charge in [0.15, 0.2) is 0 Å². The molecule has 0 fully saturated rings. The van der Waals surface area contributed by atoms with E-state index in [-0.39, 0.29) is 18.2 Å². The fourth-order valence-corrected chi connectivity index (χ4v) is 0.939. The van der Waals surface area contributed by atoms with E-state index in [9.17, 15) is 14.4 Å². The standard InChI is InChI=1S/C8H12N4O3/c1-4(2-9)11-6(13)5-3-10-8(15)12-7(5)14/h3-4H,2,9H2,1H3,(H,11,13)(H2,10,12,14,15)/t4-/m1/s1. The van der Waals surface area contributed by atoms with Gasteiger partial charge < -0.3 is 16.0 Å². The summed E-state index contributed by atoms with van der Waals surface area (Å²) in [5, 5.41) is 2.50. The van der Waals surface area contributed by atoms with Crippen LogP contribution in [0.3, 0.4) is 0 Å². The number of rotatable bonds is 3. The van der Waals surface area contributed by atoms with E-state index in [0.29, 0.717) is 0 Å². The monoisotopic (exact) mass is 212 g/mol. The predicted octanol–water partition coefficient (Wildman–Crippen LogP) is -1.86. The van der Waals surface area contributed by atoms with Crippen LogP contribution in [0.15, 0.2) is 15.8 Å². The highest BCUT2D eigenvalue weighted by Crippen LogP contribution is 1.86. The second-order valence-electron chi connectivity index (χ2n) is 3.10. The summed E-state index contributed by atoms with van der Waals surface area (Å²) in [7, 11) is 0. The second-order valence-corrected chi connectivity index (χ2v) is 3.10. The summed E-state index contributed by atoms with van der Waals surface area (Å²) in [6, 6.07) is -0.233. The van der Waals surface area contributed by atoms with Gasteiger partial charge in [0, 0.05) is 18.8 Å². The Morgan fingerprint density at radius 1 is 1.60 bits per heavy atom. The highest BCUT2D eigenvalue weighted by molar-refractivity contribution is 5.93. The lowest BCUT2D eigenvalue weighted by atomic mass is 10.2. The van der Waals surface area contributed by atoms with E-state index in [1.54, 1.807) is 6.92 Å². The predicted molar refractivity (Wildman–Crippen MR) is 53.7 cm³/mol. The van der Waals surface area contributed by atoms with Crippen LogP contribution in [0.2, 0.25) is 0 Å². The van der Waals surface area contributed by atoms with Crippen molar-refractivity contribution in [3.63, 3.8) is 0 Å². The molecule has 0 aliphatic rings. The molecule has 0 saturated heterocycles. The van der Waals surface area contributed by atoms with E-state index < -0.39 is 17.2 Å². The third-order valence-electron chi connectivity index (χ3n) is 1.79. The minimum absolute atomic E-state index is 0.144. The second kappa shape index (κ2) is 4.56. The van der Waals surface area contributed by atoms with E-state index >= 15 is 0 Å². The highest BCUT2D eigenvalue weighted by Gasteiger charge is 2.12. The molecule has 0 saturated carbocycles. The summed E-state index contributed by atoms with van der Waals surface area (Å²) >= 11 is 0. The third kappa shape index (κ3) is 2.78.